The van der Waals surface area contributed by atoms with E-state index in [9.17, 15) is 0 Å². The number of ether oxygens (including phenoxy) is 1. The van der Waals surface area contributed by atoms with E-state index in [-0.39, 0.29) is 0 Å². The van der Waals surface area contributed by atoms with Crippen LogP contribution in [0.1, 0.15) is 5.69 Å². The monoisotopic (exact) mass is 392 g/mol. The second-order valence-corrected chi connectivity index (χ2v) is 7.02. The molecule has 0 fully saturated rings. The molecule has 0 radical (unpaired) electrons. The predicted octanol–water partition coefficient (Wildman–Crippen LogP) is 5.83. The summed E-state index contributed by atoms with van der Waals surface area (Å²) in [5.74, 6) is 1.50. The van der Waals surface area contributed by atoms with Crippen LogP contribution in [0.2, 0.25) is 0 Å². The summed E-state index contributed by atoms with van der Waals surface area (Å²) in [5.41, 5.74) is 5.19. The van der Waals surface area contributed by atoms with Crippen LogP contribution in [-0.4, -0.2) is 19.6 Å². The van der Waals surface area contributed by atoms with Crippen LogP contribution in [0.25, 0.3) is 22.5 Å². The van der Waals surface area contributed by atoms with Crippen molar-refractivity contribution in [2.75, 3.05) is 0 Å². The molecular formula is C25H20N4O. The SMILES string of the molecule is Cc1ccnn1-c1cccc(Oc2cccc(-n3cc(-c4ccccc4)cn3)c2)c1. The van der Waals surface area contributed by atoms with E-state index in [1.807, 2.05) is 101 Å². The third kappa shape index (κ3) is 3.61. The molecule has 0 atom stereocenters. The van der Waals surface area contributed by atoms with Crippen LogP contribution in [-0.2, 0) is 0 Å². The Kier molecular flexibility index (Phi) is 4.62. The first-order chi connectivity index (χ1) is 14.8. The van der Waals surface area contributed by atoms with Crippen molar-refractivity contribution in [1.29, 1.82) is 0 Å². The van der Waals surface area contributed by atoms with Gasteiger partial charge in [0, 0.05) is 35.8 Å². The molecule has 5 nitrogen and oxygen atoms in total. The molecule has 0 saturated carbocycles. The van der Waals surface area contributed by atoms with Crippen molar-refractivity contribution in [3.05, 3.63) is 109 Å². The zero-order valence-corrected chi connectivity index (χ0v) is 16.5. The molecule has 2 heterocycles. The highest BCUT2D eigenvalue weighted by molar-refractivity contribution is 5.62. The van der Waals surface area contributed by atoms with E-state index in [1.165, 1.54) is 0 Å². The summed E-state index contributed by atoms with van der Waals surface area (Å²) in [7, 11) is 0. The maximum absolute atomic E-state index is 6.13. The number of aromatic nitrogens is 4. The standard InChI is InChI=1S/C25H20N4O/c1-19-13-14-26-29(19)23-10-6-12-25(16-23)30-24-11-5-9-22(15-24)28-18-21(17-27-28)20-7-3-2-4-8-20/h2-18H,1H3. The van der Waals surface area contributed by atoms with Gasteiger partial charge in [0.2, 0.25) is 0 Å². The summed E-state index contributed by atoms with van der Waals surface area (Å²) in [4.78, 5) is 0. The zero-order chi connectivity index (χ0) is 20.3. The first-order valence-electron chi connectivity index (χ1n) is 9.76. The van der Waals surface area contributed by atoms with Crippen molar-refractivity contribution in [2.24, 2.45) is 0 Å². The van der Waals surface area contributed by atoms with E-state index >= 15 is 0 Å². The van der Waals surface area contributed by atoms with Gasteiger partial charge in [-0.15, -0.1) is 0 Å². The first-order valence-corrected chi connectivity index (χ1v) is 9.76. The Bertz CT molecular complexity index is 1290. The molecule has 0 amide bonds. The number of hydrogen-bond donors (Lipinski definition) is 0. The fraction of sp³-hybridized carbons (Fsp3) is 0.0400. The fourth-order valence-corrected chi connectivity index (χ4v) is 3.39. The fourth-order valence-electron chi connectivity index (χ4n) is 3.39. The van der Waals surface area contributed by atoms with Gasteiger partial charge in [-0.25, -0.2) is 9.36 Å². The van der Waals surface area contributed by atoms with E-state index in [0.717, 1.165) is 39.7 Å². The molecule has 0 aliphatic carbocycles. The van der Waals surface area contributed by atoms with E-state index in [0.29, 0.717) is 0 Å². The lowest BCUT2D eigenvalue weighted by Gasteiger charge is -2.10. The second kappa shape index (κ2) is 7.72. The highest BCUT2D eigenvalue weighted by Gasteiger charge is 2.07. The van der Waals surface area contributed by atoms with E-state index < -0.39 is 0 Å². The summed E-state index contributed by atoms with van der Waals surface area (Å²) in [6.45, 7) is 2.03. The number of benzene rings is 3. The maximum atomic E-state index is 6.13. The van der Waals surface area contributed by atoms with Crippen LogP contribution in [0.5, 0.6) is 11.5 Å². The molecule has 0 aliphatic rings. The average molecular weight is 392 g/mol. The molecule has 0 aliphatic heterocycles. The van der Waals surface area contributed by atoms with Crippen LogP contribution in [0.15, 0.2) is 104 Å². The molecule has 2 aromatic heterocycles. The first kappa shape index (κ1) is 17.9. The van der Waals surface area contributed by atoms with Gasteiger partial charge in [-0.05, 0) is 42.8 Å². The minimum Gasteiger partial charge on any atom is -0.457 e. The van der Waals surface area contributed by atoms with Gasteiger partial charge < -0.3 is 4.74 Å². The number of aryl methyl sites for hydroxylation is 1. The Morgan fingerprint density at radius 2 is 1.43 bits per heavy atom. The Balaban J connectivity index is 1.40. The molecule has 0 bridgehead atoms. The van der Waals surface area contributed by atoms with Gasteiger partial charge >= 0.3 is 0 Å². The lowest BCUT2D eigenvalue weighted by molar-refractivity contribution is 0.481. The van der Waals surface area contributed by atoms with Crippen molar-refractivity contribution < 1.29 is 4.74 Å². The topological polar surface area (TPSA) is 44.9 Å². The number of hydrogen-bond acceptors (Lipinski definition) is 3. The second-order valence-electron chi connectivity index (χ2n) is 7.02. The van der Waals surface area contributed by atoms with Gasteiger partial charge in [-0.2, -0.15) is 10.2 Å². The minimum absolute atomic E-state index is 0.749. The Labute approximate surface area is 174 Å². The van der Waals surface area contributed by atoms with Crippen LogP contribution >= 0.6 is 0 Å². The number of nitrogens with zero attached hydrogens (tertiary/aromatic N) is 4. The van der Waals surface area contributed by atoms with Crippen molar-refractivity contribution in [3.63, 3.8) is 0 Å². The normalized spacial score (nSPS) is 10.8. The van der Waals surface area contributed by atoms with E-state index in [2.05, 4.69) is 22.3 Å². The highest BCUT2D eigenvalue weighted by atomic mass is 16.5. The van der Waals surface area contributed by atoms with Crippen molar-refractivity contribution in [3.8, 4) is 34.0 Å². The Hall–Kier alpha value is -4.12. The highest BCUT2D eigenvalue weighted by Crippen LogP contribution is 2.26. The summed E-state index contributed by atoms with van der Waals surface area (Å²) >= 11 is 0. The lowest BCUT2D eigenvalue weighted by atomic mass is 10.1. The third-order valence-electron chi connectivity index (χ3n) is 4.90. The summed E-state index contributed by atoms with van der Waals surface area (Å²) < 4.78 is 9.88. The van der Waals surface area contributed by atoms with Crippen molar-refractivity contribution in [2.45, 2.75) is 6.92 Å². The lowest BCUT2D eigenvalue weighted by Crippen LogP contribution is -1.98. The van der Waals surface area contributed by atoms with Gasteiger partial charge in [0.25, 0.3) is 0 Å². The van der Waals surface area contributed by atoms with Crippen molar-refractivity contribution in [1.82, 2.24) is 19.6 Å². The molecule has 5 aromatic rings. The van der Waals surface area contributed by atoms with Gasteiger partial charge in [-0.3, -0.25) is 0 Å². The zero-order valence-electron chi connectivity index (χ0n) is 16.5. The number of rotatable bonds is 5. The van der Waals surface area contributed by atoms with Gasteiger partial charge in [0.05, 0.1) is 17.6 Å². The van der Waals surface area contributed by atoms with E-state index in [1.54, 1.807) is 6.20 Å². The van der Waals surface area contributed by atoms with Crippen LogP contribution in [0, 0.1) is 6.92 Å². The molecule has 146 valence electrons. The average Bonchev–Trinajstić information content (AvgIpc) is 3.44. The third-order valence-corrected chi connectivity index (χ3v) is 4.90. The van der Waals surface area contributed by atoms with Crippen LogP contribution in [0.3, 0.4) is 0 Å². The molecule has 30 heavy (non-hydrogen) atoms. The smallest absolute Gasteiger partial charge is 0.129 e. The van der Waals surface area contributed by atoms with Gasteiger partial charge in [0.15, 0.2) is 0 Å². The molecule has 5 rings (SSSR count). The Morgan fingerprint density at radius 1 is 0.700 bits per heavy atom. The molecule has 0 unspecified atom stereocenters. The molecule has 0 N–H and O–H groups in total. The molecular weight excluding hydrogens is 372 g/mol. The van der Waals surface area contributed by atoms with Crippen molar-refractivity contribution >= 4 is 0 Å². The van der Waals surface area contributed by atoms with Gasteiger partial charge in [-0.1, -0.05) is 42.5 Å². The Morgan fingerprint density at radius 3 is 2.17 bits per heavy atom. The minimum atomic E-state index is 0.749. The van der Waals surface area contributed by atoms with Crippen LogP contribution < -0.4 is 4.74 Å². The molecule has 0 saturated heterocycles. The largest absolute Gasteiger partial charge is 0.457 e. The summed E-state index contributed by atoms with van der Waals surface area (Å²) in [5, 5.41) is 8.88. The molecule has 3 aromatic carbocycles. The summed E-state index contributed by atoms with van der Waals surface area (Å²) in [6.07, 6.45) is 5.69. The molecule has 5 heteroatoms. The predicted molar refractivity (Wildman–Crippen MR) is 117 cm³/mol. The quantitative estimate of drug-likeness (QED) is 0.378. The van der Waals surface area contributed by atoms with Gasteiger partial charge in [0.1, 0.15) is 11.5 Å². The maximum Gasteiger partial charge on any atom is 0.129 e. The molecule has 0 spiro atoms. The summed E-state index contributed by atoms with van der Waals surface area (Å²) in [6, 6.07) is 28.0. The van der Waals surface area contributed by atoms with Crippen LogP contribution in [0.4, 0.5) is 0 Å². The van der Waals surface area contributed by atoms with E-state index in [4.69, 9.17) is 4.74 Å².